The molecule has 5 nitrogen and oxygen atoms in total. The molecule has 1 aromatic rings. The first-order valence-corrected chi connectivity index (χ1v) is 9.95. The van der Waals surface area contributed by atoms with E-state index < -0.39 is 0 Å². The first kappa shape index (κ1) is 19.1. The van der Waals surface area contributed by atoms with Crippen LogP contribution in [0.5, 0.6) is 0 Å². The first-order valence-electron chi connectivity index (χ1n) is 9.95. The standard InChI is InChI=1S/C21H33N3O2/c1-16-12-18(24-9-7-17(15-25)8-10-24)5-6-20(16)21(22)14-23-13-19-4-2-3-11-26-19/h5-6,12,14,17,19,23,25H,2-4,7-11,13,15,22H2,1H3/b21-14-. The lowest BCUT2D eigenvalue weighted by Crippen LogP contribution is -2.34. The van der Waals surface area contributed by atoms with Gasteiger partial charge in [0, 0.05) is 50.3 Å². The Morgan fingerprint density at radius 3 is 2.77 bits per heavy atom. The van der Waals surface area contributed by atoms with Gasteiger partial charge < -0.3 is 25.8 Å². The zero-order chi connectivity index (χ0) is 18.4. The van der Waals surface area contributed by atoms with Crippen LogP contribution in [0, 0.1) is 12.8 Å². The number of nitrogens with zero attached hydrogens (tertiary/aromatic N) is 1. The second-order valence-corrected chi connectivity index (χ2v) is 7.61. The fraction of sp³-hybridized carbons (Fsp3) is 0.619. The summed E-state index contributed by atoms with van der Waals surface area (Å²) < 4.78 is 5.73. The van der Waals surface area contributed by atoms with E-state index in [-0.39, 0.29) is 0 Å². The number of nitrogens with one attached hydrogen (secondary N) is 1. The highest BCUT2D eigenvalue weighted by molar-refractivity contribution is 5.68. The number of aliphatic hydroxyl groups excluding tert-OH is 1. The van der Waals surface area contributed by atoms with E-state index >= 15 is 0 Å². The van der Waals surface area contributed by atoms with E-state index in [4.69, 9.17) is 10.5 Å². The van der Waals surface area contributed by atoms with E-state index in [0.717, 1.165) is 56.8 Å². The van der Waals surface area contributed by atoms with E-state index in [1.165, 1.54) is 24.1 Å². The first-order chi connectivity index (χ1) is 12.7. The summed E-state index contributed by atoms with van der Waals surface area (Å²) in [7, 11) is 0. The van der Waals surface area contributed by atoms with Crippen molar-refractivity contribution in [3.05, 3.63) is 35.5 Å². The SMILES string of the molecule is Cc1cc(N2CCC(CO)CC2)ccc1/C(N)=C/NCC1CCCCO1. The number of benzene rings is 1. The number of ether oxygens (including phenoxy) is 1. The highest BCUT2D eigenvalue weighted by Crippen LogP contribution is 2.26. The summed E-state index contributed by atoms with van der Waals surface area (Å²) in [5, 5.41) is 12.6. The van der Waals surface area contributed by atoms with Crippen molar-refractivity contribution in [2.24, 2.45) is 11.7 Å². The molecule has 0 saturated carbocycles. The van der Waals surface area contributed by atoms with Crippen molar-refractivity contribution in [1.29, 1.82) is 0 Å². The van der Waals surface area contributed by atoms with Crippen LogP contribution >= 0.6 is 0 Å². The second kappa shape index (κ2) is 9.28. The van der Waals surface area contributed by atoms with Crippen molar-refractivity contribution in [2.75, 3.05) is 37.7 Å². The molecule has 0 amide bonds. The van der Waals surface area contributed by atoms with E-state index in [1.807, 2.05) is 6.20 Å². The Bertz CT molecular complexity index is 603. The molecule has 0 radical (unpaired) electrons. The van der Waals surface area contributed by atoms with Gasteiger partial charge in [-0.2, -0.15) is 0 Å². The third-order valence-corrected chi connectivity index (χ3v) is 5.64. The molecular formula is C21H33N3O2. The van der Waals surface area contributed by atoms with Gasteiger partial charge in [0.15, 0.2) is 0 Å². The summed E-state index contributed by atoms with van der Waals surface area (Å²) in [5.41, 5.74) is 10.6. The smallest absolute Gasteiger partial charge is 0.0747 e. The van der Waals surface area contributed by atoms with Crippen LogP contribution in [0.1, 0.15) is 43.2 Å². The maximum atomic E-state index is 9.29. The number of piperidine rings is 1. The molecule has 0 bridgehead atoms. The monoisotopic (exact) mass is 359 g/mol. The number of rotatable bonds is 6. The van der Waals surface area contributed by atoms with Gasteiger partial charge in [-0.15, -0.1) is 0 Å². The Morgan fingerprint density at radius 2 is 2.12 bits per heavy atom. The van der Waals surface area contributed by atoms with Crippen molar-refractivity contribution in [3.63, 3.8) is 0 Å². The molecule has 0 spiro atoms. The Balaban J connectivity index is 1.57. The molecule has 144 valence electrons. The third kappa shape index (κ3) is 4.92. The average Bonchev–Trinajstić information content (AvgIpc) is 2.68. The fourth-order valence-corrected chi connectivity index (χ4v) is 3.89. The number of aryl methyl sites for hydroxylation is 1. The van der Waals surface area contributed by atoms with Gasteiger partial charge in [0.05, 0.1) is 11.8 Å². The molecule has 1 aromatic carbocycles. The van der Waals surface area contributed by atoms with Crippen molar-refractivity contribution >= 4 is 11.4 Å². The number of anilines is 1. The lowest BCUT2D eigenvalue weighted by Gasteiger charge is -2.33. The maximum absolute atomic E-state index is 9.29. The van der Waals surface area contributed by atoms with Gasteiger partial charge >= 0.3 is 0 Å². The predicted octanol–water partition coefficient (Wildman–Crippen LogP) is 2.62. The molecule has 1 atom stereocenters. The molecule has 26 heavy (non-hydrogen) atoms. The normalized spacial score (nSPS) is 22.5. The van der Waals surface area contributed by atoms with E-state index in [2.05, 4.69) is 35.3 Å². The summed E-state index contributed by atoms with van der Waals surface area (Å²) in [4.78, 5) is 2.40. The third-order valence-electron chi connectivity index (χ3n) is 5.64. The molecule has 0 aliphatic carbocycles. The lowest BCUT2D eigenvalue weighted by atomic mass is 9.97. The Hall–Kier alpha value is -1.72. The van der Waals surface area contributed by atoms with Crippen molar-refractivity contribution < 1.29 is 9.84 Å². The van der Waals surface area contributed by atoms with Gasteiger partial charge in [-0.1, -0.05) is 6.07 Å². The summed E-state index contributed by atoms with van der Waals surface area (Å²) in [5.74, 6) is 0.462. The van der Waals surface area contributed by atoms with Gasteiger partial charge in [-0.3, -0.25) is 0 Å². The highest BCUT2D eigenvalue weighted by atomic mass is 16.5. The largest absolute Gasteiger partial charge is 0.397 e. The fourth-order valence-electron chi connectivity index (χ4n) is 3.89. The molecule has 2 aliphatic heterocycles. The van der Waals surface area contributed by atoms with Crippen LogP contribution in [0.25, 0.3) is 5.70 Å². The number of nitrogens with two attached hydrogens (primary N) is 1. The predicted molar refractivity (Wildman–Crippen MR) is 107 cm³/mol. The quantitative estimate of drug-likeness (QED) is 0.728. The van der Waals surface area contributed by atoms with Crippen LogP contribution in [-0.2, 0) is 4.74 Å². The molecule has 0 aromatic heterocycles. The minimum absolute atomic E-state index is 0.304. The second-order valence-electron chi connectivity index (χ2n) is 7.61. The summed E-state index contributed by atoms with van der Waals surface area (Å²) in [6.07, 6.45) is 7.89. The molecule has 2 fully saturated rings. The van der Waals surface area contributed by atoms with E-state index in [9.17, 15) is 5.11 Å². The number of hydrogen-bond acceptors (Lipinski definition) is 5. The van der Waals surface area contributed by atoms with Crippen LogP contribution in [0.15, 0.2) is 24.4 Å². The van der Waals surface area contributed by atoms with Gasteiger partial charge in [0.2, 0.25) is 0 Å². The molecule has 2 aliphatic rings. The number of hydrogen-bond donors (Lipinski definition) is 3. The Labute approximate surface area is 157 Å². The lowest BCUT2D eigenvalue weighted by molar-refractivity contribution is 0.0188. The molecular weight excluding hydrogens is 326 g/mol. The van der Waals surface area contributed by atoms with Crippen molar-refractivity contribution in [2.45, 2.75) is 45.1 Å². The van der Waals surface area contributed by atoms with Crippen LogP contribution in [0.4, 0.5) is 5.69 Å². The van der Waals surface area contributed by atoms with Crippen molar-refractivity contribution in [1.82, 2.24) is 5.32 Å². The molecule has 4 N–H and O–H groups in total. The van der Waals surface area contributed by atoms with E-state index in [1.54, 1.807) is 0 Å². The summed E-state index contributed by atoms with van der Waals surface area (Å²) in [6, 6.07) is 6.50. The average molecular weight is 360 g/mol. The molecule has 2 heterocycles. The Kier molecular flexibility index (Phi) is 6.80. The molecule has 2 saturated heterocycles. The van der Waals surface area contributed by atoms with Crippen LogP contribution < -0.4 is 16.0 Å². The zero-order valence-electron chi connectivity index (χ0n) is 15.9. The summed E-state index contributed by atoms with van der Waals surface area (Å²) in [6.45, 7) is 6.14. The van der Waals surface area contributed by atoms with Gasteiger partial charge in [-0.05, 0) is 62.6 Å². The Morgan fingerprint density at radius 1 is 1.31 bits per heavy atom. The van der Waals surface area contributed by atoms with Crippen molar-refractivity contribution in [3.8, 4) is 0 Å². The maximum Gasteiger partial charge on any atom is 0.0747 e. The molecule has 3 rings (SSSR count). The molecule has 5 heteroatoms. The van der Waals surface area contributed by atoms with Crippen LogP contribution in [-0.4, -0.2) is 44.1 Å². The minimum atomic E-state index is 0.304. The topological polar surface area (TPSA) is 70.8 Å². The van der Waals surface area contributed by atoms with Gasteiger partial charge in [0.25, 0.3) is 0 Å². The van der Waals surface area contributed by atoms with Gasteiger partial charge in [-0.25, -0.2) is 0 Å². The van der Waals surface area contributed by atoms with Crippen LogP contribution in [0.2, 0.25) is 0 Å². The highest BCUT2D eigenvalue weighted by Gasteiger charge is 2.19. The number of aliphatic hydroxyl groups is 1. The molecule has 1 unspecified atom stereocenters. The zero-order valence-corrected chi connectivity index (χ0v) is 15.9. The van der Waals surface area contributed by atoms with Gasteiger partial charge in [0.1, 0.15) is 0 Å². The summed E-state index contributed by atoms with van der Waals surface area (Å²) >= 11 is 0. The minimum Gasteiger partial charge on any atom is -0.397 e. The van der Waals surface area contributed by atoms with E-state index in [0.29, 0.717) is 18.6 Å². The van der Waals surface area contributed by atoms with Crippen LogP contribution in [0.3, 0.4) is 0 Å².